The topological polar surface area (TPSA) is 58.4 Å². The Labute approximate surface area is 95.7 Å². The smallest absolute Gasteiger partial charge is 0.305 e. The molecule has 1 unspecified atom stereocenters. The minimum absolute atomic E-state index is 0.0461. The zero-order chi connectivity index (χ0) is 12.1. The van der Waals surface area contributed by atoms with Gasteiger partial charge in [-0.2, -0.15) is 0 Å². The molecule has 1 N–H and O–H groups in total. The molecule has 0 aliphatic rings. The van der Waals surface area contributed by atoms with E-state index >= 15 is 0 Å². The molecule has 0 saturated heterocycles. The molecule has 90 valence electrons. The minimum atomic E-state index is -0.777. The normalized spacial score (nSPS) is 12.4. The molecular weight excluding hydrogens is 206 g/mol. The van der Waals surface area contributed by atoms with Crippen molar-refractivity contribution in [2.75, 3.05) is 11.4 Å². The largest absolute Gasteiger partial charge is 0.481 e. The fraction of sp³-hybridized carbons (Fsp3) is 0.636. The van der Waals surface area contributed by atoms with Crippen LogP contribution in [0.15, 0.2) is 12.4 Å². The van der Waals surface area contributed by atoms with Crippen molar-refractivity contribution < 1.29 is 9.90 Å². The van der Waals surface area contributed by atoms with Crippen LogP contribution < -0.4 is 4.90 Å². The number of anilines is 1. The third kappa shape index (κ3) is 2.74. The number of hydrogen-bond acceptors (Lipinski definition) is 3. The minimum Gasteiger partial charge on any atom is -0.481 e. The Kier molecular flexibility index (Phi) is 4.34. The van der Waals surface area contributed by atoms with E-state index in [1.165, 1.54) is 0 Å². The monoisotopic (exact) mass is 225 g/mol. The number of aliphatic carboxylic acids is 1. The molecule has 0 aromatic carbocycles. The van der Waals surface area contributed by atoms with Crippen LogP contribution >= 0.6 is 0 Å². The van der Waals surface area contributed by atoms with E-state index in [1.807, 2.05) is 36.4 Å². The van der Waals surface area contributed by atoms with Crippen molar-refractivity contribution in [3.63, 3.8) is 0 Å². The van der Waals surface area contributed by atoms with Crippen molar-refractivity contribution >= 4 is 11.9 Å². The summed E-state index contributed by atoms with van der Waals surface area (Å²) in [5, 5.41) is 8.80. The predicted molar refractivity (Wildman–Crippen MR) is 62.6 cm³/mol. The van der Waals surface area contributed by atoms with Gasteiger partial charge in [0.05, 0.1) is 6.42 Å². The number of carbonyl (C=O) groups is 1. The molecule has 0 spiro atoms. The Balaban J connectivity index is 2.85. The van der Waals surface area contributed by atoms with Gasteiger partial charge >= 0.3 is 5.97 Å². The van der Waals surface area contributed by atoms with E-state index < -0.39 is 5.97 Å². The molecule has 1 rings (SSSR count). The summed E-state index contributed by atoms with van der Waals surface area (Å²) in [6.45, 7) is 7.55. The molecule has 0 aliphatic heterocycles. The van der Waals surface area contributed by atoms with Crippen molar-refractivity contribution in [1.82, 2.24) is 9.55 Å². The lowest BCUT2D eigenvalue weighted by molar-refractivity contribution is -0.137. The van der Waals surface area contributed by atoms with Crippen LogP contribution in [0.25, 0.3) is 0 Å². The third-order valence-corrected chi connectivity index (χ3v) is 2.63. The van der Waals surface area contributed by atoms with Crippen LogP contribution in [0.3, 0.4) is 0 Å². The Hall–Kier alpha value is -1.52. The fourth-order valence-corrected chi connectivity index (χ4v) is 1.82. The highest BCUT2D eigenvalue weighted by Crippen LogP contribution is 2.16. The molecule has 1 aromatic rings. The van der Waals surface area contributed by atoms with Crippen molar-refractivity contribution in [3.8, 4) is 0 Å². The summed E-state index contributed by atoms with van der Waals surface area (Å²) in [5.41, 5.74) is 0. The number of imidazole rings is 1. The lowest BCUT2D eigenvalue weighted by atomic mass is 10.2. The second kappa shape index (κ2) is 5.53. The first kappa shape index (κ1) is 12.5. The Bertz CT molecular complexity index is 349. The molecule has 0 radical (unpaired) electrons. The Morgan fingerprint density at radius 2 is 2.31 bits per heavy atom. The van der Waals surface area contributed by atoms with Gasteiger partial charge in [-0.1, -0.05) is 0 Å². The molecule has 0 aliphatic carbocycles. The fourth-order valence-electron chi connectivity index (χ4n) is 1.82. The second-order valence-electron chi connectivity index (χ2n) is 3.75. The summed E-state index contributed by atoms with van der Waals surface area (Å²) in [7, 11) is 0. The lowest BCUT2D eigenvalue weighted by Gasteiger charge is -2.28. The number of carboxylic acid groups (broad SMARTS) is 1. The number of aromatic nitrogens is 2. The molecule has 5 nitrogen and oxygen atoms in total. The van der Waals surface area contributed by atoms with Crippen LogP contribution in [0.4, 0.5) is 5.95 Å². The molecule has 0 amide bonds. The molecule has 1 atom stereocenters. The average molecular weight is 225 g/mol. The van der Waals surface area contributed by atoms with Crippen LogP contribution in [0, 0.1) is 0 Å². The number of nitrogens with zero attached hydrogens (tertiary/aromatic N) is 3. The van der Waals surface area contributed by atoms with E-state index in [0.29, 0.717) is 0 Å². The van der Waals surface area contributed by atoms with Crippen LogP contribution in [-0.4, -0.2) is 33.2 Å². The molecule has 0 fully saturated rings. The number of rotatable bonds is 6. The summed E-state index contributed by atoms with van der Waals surface area (Å²) in [4.78, 5) is 17.0. The van der Waals surface area contributed by atoms with Gasteiger partial charge in [0.15, 0.2) is 0 Å². The van der Waals surface area contributed by atoms with E-state index in [4.69, 9.17) is 5.11 Å². The lowest BCUT2D eigenvalue weighted by Crippen LogP contribution is -2.36. The maximum absolute atomic E-state index is 10.7. The molecule has 5 heteroatoms. The van der Waals surface area contributed by atoms with E-state index in [-0.39, 0.29) is 12.5 Å². The van der Waals surface area contributed by atoms with Crippen LogP contribution in [0.5, 0.6) is 0 Å². The molecule has 16 heavy (non-hydrogen) atoms. The van der Waals surface area contributed by atoms with Gasteiger partial charge in [-0.15, -0.1) is 0 Å². The summed E-state index contributed by atoms with van der Waals surface area (Å²) in [6.07, 6.45) is 3.78. The standard InChI is InChI=1S/C11H19N3O2/c1-4-13-7-6-12-11(13)14(5-2)9(3)8-10(15)16/h6-7,9H,4-5,8H2,1-3H3,(H,15,16). The van der Waals surface area contributed by atoms with Crippen LogP contribution in [-0.2, 0) is 11.3 Å². The Morgan fingerprint density at radius 1 is 1.62 bits per heavy atom. The molecule has 1 aromatic heterocycles. The van der Waals surface area contributed by atoms with Crippen LogP contribution in [0.2, 0.25) is 0 Å². The van der Waals surface area contributed by atoms with Gasteiger partial charge in [0, 0.05) is 31.5 Å². The summed E-state index contributed by atoms with van der Waals surface area (Å²) < 4.78 is 2.02. The van der Waals surface area contributed by atoms with E-state index in [1.54, 1.807) is 6.20 Å². The van der Waals surface area contributed by atoms with Crippen molar-refractivity contribution in [2.24, 2.45) is 0 Å². The maximum Gasteiger partial charge on any atom is 0.305 e. The predicted octanol–water partition coefficient (Wildman–Crippen LogP) is 1.59. The van der Waals surface area contributed by atoms with Gasteiger partial charge in [-0.3, -0.25) is 4.79 Å². The molecule has 0 saturated carbocycles. The van der Waals surface area contributed by atoms with Gasteiger partial charge in [0.2, 0.25) is 5.95 Å². The van der Waals surface area contributed by atoms with Gasteiger partial charge in [0.1, 0.15) is 0 Å². The Morgan fingerprint density at radius 3 is 2.81 bits per heavy atom. The second-order valence-corrected chi connectivity index (χ2v) is 3.75. The molecular formula is C11H19N3O2. The van der Waals surface area contributed by atoms with E-state index in [2.05, 4.69) is 4.98 Å². The first-order chi connectivity index (χ1) is 7.60. The summed E-state index contributed by atoms with van der Waals surface area (Å²) >= 11 is 0. The van der Waals surface area contributed by atoms with Crippen molar-refractivity contribution in [1.29, 1.82) is 0 Å². The third-order valence-electron chi connectivity index (χ3n) is 2.63. The summed E-state index contributed by atoms with van der Waals surface area (Å²) in [5.74, 6) is 0.0688. The SMILES string of the molecule is CCN(c1nccn1CC)C(C)CC(=O)O. The average Bonchev–Trinajstić information content (AvgIpc) is 2.66. The van der Waals surface area contributed by atoms with E-state index in [0.717, 1.165) is 19.0 Å². The van der Waals surface area contributed by atoms with Gasteiger partial charge < -0.3 is 14.6 Å². The highest BCUT2D eigenvalue weighted by atomic mass is 16.4. The first-order valence-corrected chi connectivity index (χ1v) is 5.59. The van der Waals surface area contributed by atoms with E-state index in [9.17, 15) is 4.79 Å². The van der Waals surface area contributed by atoms with Crippen LogP contribution in [0.1, 0.15) is 27.2 Å². The highest BCUT2D eigenvalue weighted by molar-refractivity contribution is 5.68. The van der Waals surface area contributed by atoms with Gasteiger partial charge in [-0.05, 0) is 20.8 Å². The molecule has 1 heterocycles. The van der Waals surface area contributed by atoms with Crippen molar-refractivity contribution in [3.05, 3.63) is 12.4 Å². The molecule has 0 bridgehead atoms. The number of carboxylic acids is 1. The number of hydrogen-bond donors (Lipinski definition) is 1. The zero-order valence-corrected chi connectivity index (χ0v) is 10.1. The van der Waals surface area contributed by atoms with Gasteiger partial charge in [0.25, 0.3) is 0 Å². The van der Waals surface area contributed by atoms with Gasteiger partial charge in [-0.25, -0.2) is 4.98 Å². The zero-order valence-electron chi connectivity index (χ0n) is 10.1. The first-order valence-electron chi connectivity index (χ1n) is 5.59. The summed E-state index contributed by atoms with van der Waals surface area (Å²) in [6, 6.07) is -0.0461. The highest BCUT2D eigenvalue weighted by Gasteiger charge is 2.19. The quantitative estimate of drug-likeness (QED) is 0.798. The number of aryl methyl sites for hydroxylation is 1. The van der Waals surface area contributed by atoms with Crippen molar-refractivity contribution in [2.45, 2.75) is 39.8 Å². The maximum atomic E-state index is 10.7.